The van der Waals surface area contributed by atoms with Crippen molar-refractivity contribution in [3.8, 4) is 0 Å². The van der Waals surface area contributed by atoms with Gasteiger partial charge < -0.3 is 9.88 Å². The third-order valence-corrected chi connectivity index (χ3v) is 5.77. The zero-order valence-corrected chi connectivity index (χ0v) is 16.2. The first-order valence-corrected chi connectivity index (χ1v) is 9.86. The van der Waals surface area contributed by atoms with Crippen molar-refractivity contribution in [2.75, 3.05) is 19.6 Å². The van der Waals surface area contributed by atoms with Crippen molar-refractivity contribution in [2.24, 2.45) is 11.3 Å². The molecule has 0 saturated carbocycles. The normalized spacial score (nSPS) is 18.8. The number of likely N-dealkylation sites (tertiary alicyclic amines) is 1. The van der Waals surface area contributed by atoms with E-state index < -0.39 is 0 Å². The van der Waals surface area contributed by atoms with Gasteiger partial charge in [0.15, 0.2) is 0 Å². The van der Waals surface area contributed by atoms with Gasteiger partial charge in [0.2, 0.25) is 5.82 Å². The summed E-state index contributed by atoms with van der Waals surface area (Å²) in [6.45, 7) is 8.80. The third-order valence-electron chi connectivity index (χ3n) is 5.77. The first kappa shape index (κ1) is 18.1. The Bertz CT molecular complexity index is 792. The van der Waals surface area contributed by atoms with E-state index in [4.69, 9.17) is 0 Å². The molecule has 7 nitrogen and oxygen atoms in total. The first-order valence-electron chi connectivity index (χ1n) is 9.86. The molecule has 0 radical (unpaired) electrons. The number of rotatable bonds is 5. The monoisotopic (exact) mass is 368 g/mol. The molecule has 4 heterocycles. The molecule has 0 aliphatic carbocycles. The zero-order chi connectivity index (χ0) is 18.9. The number of nitrogens with zero attached hydrogens (tertiary/aromatic N) is 5. The second-order valence-electron chi connectivity index (χ2n) is 8.44. The van der Waals surface area contributed by atoms with Crippen molar-refractivity contribution >= 4 is 5.91 Å². The Labute approximate surface area is 160 Å². The average Bonchev–Trinajstić information content (AvgIpc) is 3.20. The molecule has 0 aromatic carbocycles. The molecule has 144 valence electrons. The maximum absolute atomic E-state index is 12.4. The van der Waals surface area contributed by atoms with Gasteiger partial charge in [-0.05, 0) is 48.9 Å². The van der Waals surface area contributed by atoms with E-state index >= 15 is 0 Å². The molecule has 2 aromatic heterocycles. The van der Waals surface area contributed by atoms with E-state index in [1.165, 1.54) is 5.56 Å². The van der Waals surface area contributed by atoms with Crippen LogP contribution in [0.25, 0.3) is 0 Å². The Balaban J connectivity index is 1.37. The summed E-state index contributed by atoms with van der Waals surface area (Å²) in [5, 5.41) is 11.4. The van der Waals surface area contributed by atoms with Crippen molar-refractivity contribution in [1.82, 2.24) is 30.0 Å². The minimum absolute atomic E-state index is 0.103. The van der Waals surface area contributed by atoms with Crippen LogP contribution in [-0.4, -0.2) is 50.2 Å². The lowest BCUT2D eigenvalue weighted by molar-refractivity contribution is 0.0898. The molecule has 0 unspecified atom stereocenters. The number of carbonyl (C=O) groups excluding carboxylic acids is 1. The molecular weight excluding hydrogens is 340 g/mol. The van der Waals surface area contributed by atoms with Gasteiger partial charge in [0.25, 0.3) is 5.91 Å². The Morgan fingerprint density at radius 2 is 2.11 bits per heavy atom. The molecule has 1 spiro atoms. The fraction of sp³-hybridized carbons (Fsp3) is 0.600. The molecule has 1 fully saturated rings. The lowest BCUT2D eigenvalue weighted by Gasteiger charge is -2.38. The summed E-state index contributed by atoms with van der Waals surface area (Å²) < 4.78 is 2.05. The van der Waals surface area contributed by atoms with Crippen molar-refractivity contribution < 1.29 is 4.79 Å². The van der Waals surface area contributed by atoms with Crippen LogP contribution in [0.5, 0.6) is 0 Å². The van der Waals surface area contributed by atoms with Crippen LogP contribution in [0.3, 0.4) is 0 Å². The van der Waals surface area contributed by atoms with E-state index in [0.717, 1.165) is 51.3 Å². The van der Waals surface area contributed by atoms with Crippen LogP contribution in [0.1, 0.15) is 48.7 Å². The van der Waals surface area contributed by atoms with Gasteiger partial charge in [-0.2, -0.15) is 0 Å². The highest BCUT2D eigenvalue weighted by Gasteiger charge is 2.42. The van der Waals surface area contributed by atoms with Gasteiger partial charge in [0.05, 0.1) is 0 Å². The summed E-state index contributed by atoms with van der Waals surface area (Å²) in [5.74, 6) is 1.75. The van der Waals surface area contributed by atoms with E-state index in [2.05, 4.69) is 45.3 Å². The predicted octanol–water partition coefficient (Wildman–Crippen LogP) is 1.90. The average molecular weight is 368 g/mol. The molecule has 2 aliphatic rings. The zero-order valence-electron chi connectivity index (χ0n) is 16.2. The smallest absolute Gasteiger partial charge is 0.289 e. The van der Waals surface area contributed by atoms with Gasteiger partial charge in [0, 0.05) is 38.4 Å². The molecule has 2 aliphatic heterocycles. The fourth-order valence-corrected chi connectivity index (χ4v) is 4.17. The topological polar surface area (TPSA) is 75.9 Å². The van der Waals surface area contributed by atoms with E-state index in [1.54, 1.807) is 0 Å². The number of fused-ring (bicyclic) bond motifs is 1. The number of amides is 1. The number of piperidine rings is 1. The lowest BCUT2D eigenvalue weighted by Crippen LogP contribution is -2.41. The highest BCUT2D eigenvalue weighted by atomic mass is 16.2. The fourth-order valence-electron chi connectivity index (χ4n) is 4.17. The van der Waals surface area contributed by atoms with Crippen molar-refractivity contribution in [3.05, 3.63) is 41.7 Å². The van der Waals surface area contributed by atoms with Crippen LogP contribution < -0.4 is 5.32 Å². The maximum Gasteiger partial charge on any atom is 0.289 e. The van der Waals surface area contributed by atoms with Crippen LogP contribution >= 0.6 is 0 Å². The maximum atomic E-state index is 12.4. The second-order valence-corrected chi connectivity index (χ2v) is 8.44. The number of hydrogen-bond acceptors (Lipinski definition) is 5. The van der Waals surface area contributed by atoms with Crippen molar-refractivity contribution in [2.45, 2.75) is 46.2 Å². The molecular formula is C20H28N6O. The predicted molar refractivity (Wildman–Crippen MR) is 102 cm³/mol. The molecule has 2 aromatic rings. The standard InChI is InChI=1S/C20H28N6O/c1-15(2)11-22-19(27)18-24-23-17-10-20(14-26(17)18)5-8-25(9-6-20)13-16-4-3-7-21-12-16/h3-4,7,12,15H,5-6,8-11,13-14H2,1-2H3,(H,22,27). The second kappa shape index (κ2) is 7.38. The Morgan fingerprint density at radius 1 is 1.30 bits per heavy atom. The summed E-state index contributed by atoms with van der Waals surface area (Å²) in [5.41, 5.74) is 1.49. The molecule has 0 bridgehead atoms. The van der Waals surface area contributed by atoms with Crippen LogP contribution in [0.2, 0.25) is 0 Å². The number of pyridine rings is 1. The van der Waals surface area contributed by atoms with Gasteiger partial charge in [0.1, 0.15) is 5.82 Å². The molecule has 1 saturated heterocycles. The van der Waals surface area contributed by atoms with E-state index in [0.29, 0.717) is 18.3 Å². The highest BCUT2D eigenvalue weighted by Crippen LogP contribution is 2.41. The lowest BCUT2D eigenvalue weighted by atomic mass is 9.77. The van der Waals surface area contributed by atoms with Gasteiger partial charge >= 0.3 is 0 Å². The van der Waals surface area contributed by atoms with Gasteiger partial charge in [-0.1, -0.05) is 19.9 Å². The molecule has 1 amide bonds. The van der Waals surface area contributed by atoms with Crippen LogP contribution in [0.4, 0.5) is 0 Å². The summed E-state index contributed by atoms with van der Waals surface area (Å²) in [4.78, 5) is 19.2. The Hall–Kier alpha value is -2.28. The Morgan fingerprint density at radius 3 is 2.81 bits per heavy atom. The summed E-state index contributed by atoms with van der Waals surface area (Å²) >= 11 is 0. The van der Waals surface area contributed by atoms with E-state index in [1.807, 2.05) is 23.0 Å². The van der Waals surface area contributed by atoms with Crippen LogP contribution in [0.15, 0.2) is 24.5 Å². The highest BCUT2D eigenvalue weighted by molar-refractivity contribution is 5.90. The van der Waals surface area contributed by atoms with Gasteiger partial charge in [-0.3, -0.25) is 14.7 Å². The SMILES string of the molecule is CC(C)CNC(=O)c1nnc2n1CC1(CCN(Cc3cccnc3)CC1)C2. The minimum Gasteiger partial charge on any atom is -0.349 e. The first-order chi connectivity index (χ1) is 13.0. The van der Waals surface area contributed by atoms with Crippen molar-refractivity contribution in [1.29, 1.82) is 0 Å². The molecule has 1 N–H and O–H groups in total. The third kappa shape index (κ3) is 3.88. The van der Waals surface area contributed by atoms with Crippen molar-refractivity contribution in [3.63, 3.8) is 0 Å². The van der Waals surface area contributed by atoms with Gasteiger partial charge in [-0.25, -0.2) is 0 Å². The minimum atomic E-state index is -0.103. The number of carbonyl (C=O) groups is 1. The van der Waals surface area contributed by atoms with Gasteiger partial charge in [-0.15, -0.1) is 10.2 Å². The summed E-state index contributed by atoms with van der Waals surface area (Å²) in [6, 6.07) is 4.13. The Kier molecular flexibility index (Phi) is 4.95. The largest absolute Gasteiger partial charge is 0.349 e. The number of aromatic nitrogens is 4. The van der Waals surface area contributed by atoms with Crippen LogP contribution in [-0.2, 0) is 19.5 Å². The molecule has 0 atom stereocenters. The quantitative estimate of drug-likeness (QED) is 0.872. The van der Waals surface area contributed by atoms with E-state index in [-0.39, 0.29) is 11.3 Å². The number of hydrogen-bond donors (Lipinski definition) is 1. The van der Waals surface area contributed by atoms with E-state index in [9.17, 15) is 4.79 Å². The summed E-state index contributed by atoms with van der Waals surface area (Å²) in [6.07, 6.45) is 6.95. The molecule has 4 rings (SSSR count). The molecule has 27 heavy (non-hydrogen) atoms. The van der Waals surface area contributed by atoms with Crippen LogP contribution in [0, 0.1) is 11.3 Å². The molecule has 7 heteroatoms. The summed E-state index contributed by atoms with van der Waals surface area (Å²) in [7, 11) is 0. The number of nitrogens with one attached hydrogen (secondary N) is 1.